The van der Waals surface area contributed by atoms with Crippen LogP contribution in [0.25, 0.3) is 0 Å². The van der Waals surface area contributed by atoms with Crippen LogP contribution in [-0.2, 0) is 6.42 Å². The molecule has 0 heterocycles. The summed E-state index contributed by atoms with van der Waals surface area (Å²) in [6.45, 7) is 4.23. The van der Waals surface area contributed by atoms with Gasteiger partial charge in [-0.25, -0.2) is 0 Å². The molecule has 1 aliphatic carbocycles. The molecule has 1 fully saturated rings. The summed E-state index contributed by atoms with van der Waals surface area (Å²) in [5, 5.41) is 9.93. The summed E-state index contributed by atoms with van der Waals surface area (Å²) in [4.78, 5) is 0. The molecule has 2 atom stereocenters. The van der Waals surface area contributed by atoms with E-state index in [4.69, 9.17) is 0 Å². The molecule has 0 aliphatic heterocycles. The molecule has 14 heavy (non-hydrogen) atoms. The highest BCUT2D eigenvalue weighted by Crippen LogP contribution is 2.46. The second kappa shape index (κ2) is 3.39. The van der Waals surface area contributed by atoms with Gasteiger partial charge in [0.15, 0.2) is 0 Å². The minimum atomic E-state index is -0.344. The summed E-state index contributed by atoms with van der Waals surface area (Å²) in [5.41, 5.74) is 2.31. The first-order chi connectivity index (χ1) is 6.60. The summed E-state index contributed by atoms with van der Waals surface area (Å²) in [7, 11) is 0. The second-order valence-corrected chi connectivity index (χ2v) is 4.70. The molecular formula is C13H18O. The van der Waals surface area contributed by atoms with Crippen molar-refractivity contribution in [2.75, 3.05) is 0 Å². The van der Waals surface area contributed by atoms with Crippen LogP contribution in [-0.4, -0.2) is 10.7 Å². The van der Waals surface area contributed by atoms with Gasteiger partial charge in [0.1, 0.15) is 0 Å². The van der Waals surface area contributed by atoms with E-state index >= 15 is 0 Å². The molecule has 2 unspecified atom stereocenters. The lowest BCUT2D eigenvalue weighted by Crippen LogP contribution is -2.11. The maximum atomic E-state index is 9.93. The molecule has 0 spiro atoms. The predicted octanol–water partition coefficient (Wildman–Crippen LogP) is 2.70. The normalized spacial score (nSPS) is 30.4. The highest BCUT2D eigenvalue weighted by Gasteiger charge is 2.48. The van der Waals surface area contributed by atoms with Gasteiger partial charge in [-0.1, -0.05) is 36.8 Å². The van der Waals surface area contributed by atoms with Crippen LogP contribution in [0.3, 0.4) is 0 Å². The summed E-state index contributed by atoms with van der Waals surface area (Å²) in [5.74, 6) is 0.507. The molecule has 1 heteroatoms. The minimum absolute atomic E-state index is 0.344. The third kappa shape index (κ3) is 1.98. The Balaban J connectivity index is 1.92. The quantitative estimate of drug-likeness (QED) is 0.777. The lowest BCUT2D eigenvalue weighted by molar-refractivity contribution is 0.124. The standard InChI is InChI=1S/C13H18O/c1-10-4-3-5-12(8-10)6-7-13(14)9-11(13)2/h3-5,8,11,14H,6-7,9H2,1-2H3. The molecule has 0 aromatic heterocycles. The number of aryl methyl sites for hydroxylation is 2. The van der Waals surface area contributed by atoms with Crippen LogP contribution in [0.4, 0.5) is 0 Å². The largest absolute Gasteiger partial charge is 0.390 e. The van der Waals surface area contributed by atoms with E-state index in [0.29, 0.717) is 5.92 Å². The highest BCUT2D eigenvalue weighted by molar-refractivity contribution is 5.22. The molecule has 0 amide bonds. The Hall–Kier alpha value is -0.820. The average molecular weight is 190 g/mol. The fourth-order valence-electron chi connectivity index (χ4n) is 2.05. The van der Waals surface area contributed by atoms with E-state index in [0.717, 1.165) is 19.3 Å². The number of hydrogen-bond donors (Lipinski definition) is 1. The lowest BCUT2D eigenvalue weighted by atomic mass is 10.0. The van der Waals surface area contributed by atoms with Crippen molar-refractivity contribution < 1.29 is 5.11 Å². The van der Waals surface area contributed by atoms with Gasteiger partial charge in [0.2, 0.25) is 0 Å². The van der Waals surface area contributed by atoms with E-state index in [1.165, 1.54) is 11.1 Å². The molecule has 76 valence electrons. The zero-order valence-electron chi connectivity index (χ0n) is 8.96. The molecule has 2 rings (SSSR count). The number of benzene rings is 1. The Kier molecular flexibility index (Phi) is 2.36. The van der Waals surface area contributed by atoms with Gasteiger partial charge in [0.25, 0.3) is 0 Å². The van der Waals surface area contributed by atoms with Gasteiger partial charge in [-0.2, -0.15) is 0 Å². The zero-order valence-corrected chi connectivity index (χ0v) is 8.96. The van der Waals surface area contributed by atoms with E-state index in [-0.39, 0.29) is 5.60 Å². The average Bonchev–Trinajstić information content (AvgIpc) is 2.72. The third-order valence-corrected chi connectivity index (χ3v) is 3.35. The molecule has 1 N–H and O–H groups in total. The fourth-order valence-corrected chi connectivity index (χ4v) is 2.05. The van der Waals surface area contributed by atoms with Crippen LogP contribution in [0.2, 0.25) is 0 Å². The lowest BCUT2D eigenvalue weighted by Gasteiger charge is -2.08. The minimum Gasteiger partial charge on any atom is -0.390 e. The van der Waals surface area contributed by atoms with Crippen LogP contribution in [0.5, 0.6) is 0 Å². The summed E-state index contributed by atoms with van der Waals surface area (Å²) < 4.78 is 0. The summed E-state index contributed by atoms with van der Waals surface area (Å²) in [6, 6.07) is 8.54. The van der Waals surface area contributed by atoms with Crippen molar-refractivity contribution in [3.63, 3.8) is 0 Å². The van der Waals surface area contributed by atoms with Crippen LogP contribution in [0, 0.1) is 12.8 Å². The molecule has 0 saturated heterocycles. The maximum Gasteiger partial charge on any atom is 0.0681 e. The van der Waals surface area contributed by atoms with Crippen molar-refractivity contribution in [3.8, 4) is 0 Å². The first kappa shape index (κ1) is 9.72. The van der Waals surface area contributed by atoms with Crippen LogP contribution < -0.4 is 0 Å². The van der Waals surface area contributed by atoms with Crippen molar-refractivity contribution in [1.29, 1.82) is 0 Å². The first-order valence-corrected chi connectivity index (χ1v) is 5.38. The van der Waals surface area contributed by atoms with Crippen molar-refractivity contribution in [2.24, 2.45) is 5.92 Å². The Morgan fingerprint density at radius 3 is 2.79 bits per heavy atom. The van der Waals surface area contributed by atoms with E-state index in [1.54, 1.807) is 0 Å². The van der Waals surface area contributed by atoms with Crippen molar-refractivity contribution in [1.82, 2.24) is 0 Å². The zero-order chi connectivity index (χ0) is 10.2. The van der Waals surface area contributed by atoms with Crippen LogP contribution in [0.1, 0.15) is 30.9 Å². The van der Waals surface area contributed by atoms with Crippen molar-refractivity contribution in [2.45, 2.75) is 38.7 Å². The van der Waals surface area contributed by atoms with Crippen LogP contribution in [0.15, 0.2) is 24.3 Å². The summed E-state index contributed by atoms with van der Waals surface area (Å²) >= 11 is 0. The van der Waals surface area contributed by atoms with Gasteiger partial charge in [0, 0.05) is 0 Å². The van der Waals surface area contributed by atoms with Gasteiger partial charge < -0.3 is 5.11 Å². The van der Waals surface area contributed by atoms with Gasteiger partial charge in [-0.3, -0.25) is 0 Å². The van der Waals surface area contributed by atoms with Gasteiger partial charge in [-0.15, -0.1) is 0 Å². The summed E-state index contributed by atoms with van der Waals surface area (Å²) in [6.07, 6.45) is 2.90. The van der Waals surface area contributed by atoms with E-state index in [9.17, 15) is 5.11 Å². The SMILES string of the molecule is Cc1cccc(CCC2(O)CC2C)c1. The molecule has 0 bridgehead atoms. The van der Waals surface area contributed by atoms with E-state index in [2.05, 4.69) is 38.1 Å². The van der Waals surface area contributed by atoms with Gasteiger partial charge in [-0.05, 0) is 37.7 Å². The topological polar surface area (TPSA) is 20.2 Å². The molecule has 1 saturated carbocycles. The molecule has 1 aromatic rings. The van der Waals surface area contributed by atoms with Crippen molar-refractivity contribution >= 4 is 0 Å². The number of aliphatic hydroxyl groups is 1. The fraction of sp³-hybridized carbons (Fsp3) is 0.538. The maximum absolute atomic E-state index is 9.93. The molecule has 0 radical (unpaired) electrons. The Morgan fingerprint density at radius 1 is 1.50 bits per heavy atom. The third-order valence-electron chi connectivity index (χ3n) is 3.35. The molecular weight excluding hydrogens is 172 g/mol. The Morgan fingerprint density at radius 2 is 2.21 bits per heavy atom. The van der Waals surface area contributed by atoms with Gasteiger partial charge in [0.05, 0.1) is 5.60 Å². The molecule has 1 aliphatic rings. The predicted molar refractivity (Wildman–Crippen MR) is 58.2 cm³/mol. The van der Waals surface area contributed by atoms with Crippen LogP contribution >= 0.6 is 0 Å². The first-order valence-electron chi connectivity index (χ1n) is 5.38. The smallest absolute Gasteiger partial charge is 0.0681 e. The Bertz CT molecular complexity index is 332. The monoisotopic (exact) mass is 190 g/mol. The number of hydrogen-bond acceptors (Lipinski definition) is 1. The van der Waals surface area contributed by atoms with Crippen molar-refractivity contribution in [3.05, 3.63) is 35.4 Å². The second-order valence-electron chi connectivity index (χ2n) is 4.70. The van der Waals surface area contributed by atoms with Gasteiger partial charge >= 0.3 is 0 Å². The van der Waals surface area contributed by atoms with E-state index in [1.807, 2.05) is 0 Å². The highest BCUT2D eigenvalue weighted by atomic mass is 16.3. The molecule has 1 nitrogen and oxygen atoms in total. The molecule has 1 aromatic carbocycles. The number of rotatable bonds is 3. The Labute approximate surface area is 85.8 Å². The van der Waals surface area contributed by atoms with E-state index < -0.39 is 0 Å².